The van der Waals surface area contributed by atoms with Crippen LogP contribution in [-0.4, -0.2) is 37.7 Å². The number of aliphatic carboxylic acids is 2. The van der Waals surface area contributed by atoms with Gasteiger partial charge in [-0.2, -0.15) is 0 Å². The fraction of sp³-hybridized carbons (Fsp3) is 0.625. The summed E-state index contributed by atoms with van der Waals surface area (Å²) in [5.41, 5.74) is 0. The van der Waals surface area contributed by atoms with Crippen LogP contribution in [0.25, 0.3) is 0 Å². The Morgan fingerprint density at radius 2 is 1.67 bits per heavy atom. The Bertz CT molecular complexity index is 242. The molecule has 0 rings (SSSR count). The monoisotopic (exact) mass is 237 g/mol. The van der Waals surface area contributed by atoms with Crippen LogP contribution in [0.15, 0.2) is 4.40 Å². The standard InChI is InChI=1S/C6H11NO3S.C2H4O2/c1-6(2,3)11(10)7-4-5(8)9;1-2(3)4/h4H,1-3H3,(H,8,9);1H3,(H,3,4)/b7-4+;. The van der Waals surface area contributed by atoms with Crippen LogP contribution in [0.2, 0.25) is 0 Å². The lowest BCUT2D eigenvalue weighted by Crippen LogP contribution is -2.26. The highest BCUT2D eigenvalue weighted by molar-refractivity contribution is 7.91. The molecule has 0 aromatic carbocycles. The summed E-state index contributed by atoms with van der Waals surface area (Å²) in [4.78, 5) is 18.9. The average molecular weight is 237 g/mol. The molecule has 0 saturated heterocycles. The maximum atomic E-state index is 11.0. The molecule has 6 nitrogen and oxygen atoms in total. The van der Waals surface area contributed by atoms with E-state index in [-0.39, 0.29) is 0 Å². The van der Waals surface area contributed by atoms with Crippen LogP contribution in [-0.2, 0) is 21.0 Å². The minimum Gasteiger partial charge on any atom is -0.591 e. The van der Waals surface area contributed by atoms with Crippen molar-refractivity contribution in [2.24, 2.45) is 4.40 Å². The van der Waals surface area contributed by atoms with E-state index in [0.717, 1.165) is 6.92 Å². The molecule has 2 N–H and O–H groups in total. The summed E-state index contributed by atoms with van der Waals surface area (Å²) in [6.07, 6.45) is 0.654. The summed E-state index contributed by atoms with van der Waals surface area (Å²) in [6, 6.07) is 0. The summed E-state index contributed by atoms with van der Waals surface area (Å²) in [7, 11) is 0. The first-order valence-corrected chi connectivity index (χ1v) is 5.06. The third-order valence-corrected chi connectivity index (χ3v) is 2.13. The fourth-order valence-electron chi connectivity index (χ4n) is 0.251. The lowest BCUT2D eigenvalue weighted by Gasteiger charge is -2.17. The van der Waals surface area contributed by atoms with Crippen LogP contribution >= 0.6 is 0 Å². The van der Waals surface area contributed by atoms with Gasteiger partial charge in [-0.15, -0.1) is 0 Å². The predicted molar refractivity (Wildman–Crippen MR) is 57.3 cm³/mol. The van der Waals surface area contributed by atoms with E-state index in [1.165, 1.54) is 0 Å². The number of nitrogens with zero attached hydrogens (tertiary/aromatic N) is 1. The number of carboxylic acids is 2. The molecule has 0 bridgehead atoms. The van der Waals surface area contributed by atoms with E-state index >= 15 is 0 Å². The summed E-state index contributed by atoms with van der Waals surface area (Å²) >= 11 is -1.47. The number of carboxylic acid groups (broad SMARTS) is 2. The van der Waals surface area contributed by atoms with E-state index < -0.39 is 28.0 Å². The normalized spacial score (nSPS) is 12.9. The molecule has 0 heterocycles. The first kappa shape index (κ1) is 16.4. The molecule has 1 unspecified atom stereocenters. The zero-order valence-electron chi connectivity index (χ0n) is 9.05. The molecule has 0 saturated carbocycles. The summed E-state index contributed by atoms with van der Waals surface area (Å²) in [5.74, 6) is -2.01. The van der Waals surface area contributed by atoms with Crippen LogP contribution in [0.1, 0.15) is 27.7 Å². The Hall–Kier alpha value is -1.08. The largest absolute Gasteiger partial charge is 0.591 e. The summed E-state index contributed by atoms with van der Waals surface area (Å²) in [5, 5.41) is 15.6. The second-order valence-electron chi connectivity index (χ2n) is 3.45. The molecule has 0 fully saturated rings. The van der Waals surface area contributed by atoms with E-state index in [1.807, 2.05) is 0 Å². The molecular formula is C8H15NO5S. The van der Waals surface area contributed by atoms with Gasteiger partial charge in [0.25, 0.3) is 5.97 Å². The van der Waals surface area contributed by atoms with Crippen molar-refractivity contribution in [1.82, 2.24) is 0 Å². The van der Waals surface area contributed by atoms with E-state index in [2.05, 4.69) is 4.40 Å². The maximum Gasteiger partial charge on any atom is 0.351 e. The molecule has 1 atom stereocenters. The average Bonchev–Trinajstić information content (AvgIpc) is 1.96. The molecule has 0 aromatic rings. The van der Waals surface area contributed by atoms with E-state index in [1.54, 1.807) is 20.8 Å². The zero-order chi connectivity index (χ0) is 12.6. The first-order valence-electron chi connectivity index (χ1n) is 3.96. The molecule has 0 aliphatic heterocycles. The van der Waals surface area contributed by atoms with Crippen LogP contribution in [0, 0.1) is 0 Å². The highest BCUT2D eigenvalue weighted by Crippen LogP contribution is 2.15. The van der Waals surface area contributed by atoms with Crippen molar-refractivity contribution < 1.29 is 24.4 Å². The van der Waals surface area contributed by atoms with Crippen molar-refractivity contribution in [2.45, 2.75) is 32.4 Å². The van der Waals surface area contributed by atoms with Gasteiger partial charge in [-0.05, 0) is 20.8 Å². The summed E-state index contributed by atoms with van der Waals surface area (Å²) in [6.45, 7) is 6.26. The molecule has 0 aliphatic carbocycles. The Labute approximate surface area is 91.3 Å². The zero-order valence-corrected chi connectivity index (χ0v) is 9.87. The topological polar surface area (TPSA) is 110 Å². The molecular weight excluding hydrogens is 222 g/mol. The molecule has 88 valence electrons. The third-order valence-electron chi connectivity index (χ3n) is 0.783. The van der Waals surface area contributed by atoms with Gasteiger partial charge in [0.1, 0.15) is 16.1 Å². The smallest absolute Gasteiger partial charge is 0.351 e. The number of hydrogen-bond acceptors (Lipinski definition) is 4. The van der Waals surface area contributed by atoms with Gasteiger partial charge in [0.05, 0.1) is 0 Å². The van der Waals surface area contributed by atoms with Gasteiger partial charge in [-0.1, -0.05) is 4.40 Å². The number of rotatable bonds is 2. The van der Waals surface area contributed by atoms with Gasteiger partial charge in [0.15, 0.2) is 6.21 Å². The molecule has 0 radical (unpaired) electrons. The Morgan fingerprint density at radius 1 is 1.33 bits per heavy atom. The van der Waals surface area contributed by atoms with Gasteiger partial charge in [0.2, 0.25) is 0 Å². The first-order chi connectivity index (χ1) is 6.57. The van der Waals surface area contributed by atoms with Crippen LogP contribution in [0.5, 0.6) is 0 Å². The maximum absolute atomic E-state index is 11.0. The van der Waals surface area contributed by atoms with Crippen LogP contribution < -0.4 is 0 Å². The Morgan fingerprint density at radius 3 is 1.87 bits per heavy atom. The van der Waals surface area contributed by atoms with Crippen LogP contribution in [0.3, 0.4) is 0 Å². The van der Waals surface area contributed by atoms with E-state index in [9.17, 15) is 9.35 Å². The third kappa shape index (κ3) is 15.7. The minimum absolute atomic E-state index is 0.494. The summed E-state index contributed by atoms with van der Waals surface area (Å²) < 4.78 is 13.9. The van der Waals surface area contributed by atoms with Crippen molar-refractivity contribution in [3.63, 3.8) is 0 Å². The van der Waals surface area contributed by atoms with Gasteiger partial charge >= 0.3 is 5.97 Å². The molecule has 15 heavy (non-hydrogen) atoms. The lowest BCUT2D eigenvalue weighted by atomic mass is 10.3. The number of hydrogen-bond donors (Lipinski definition) is 2. The van der Waals surface area contributed by atoms with Crippen molar-refractivity contribution in [2.75, 3.05) is 0 Å². The van der Waals surface area contributed by atoms with Gasteiger partial charge in [-0.3, -0.25) is 4.79 Å². The highest BCUT2D eigenvalue weighted by atomic mass is 32.2. The SMILES string of the molecule is CC(=O)O.CC(C)(C)[S+]([O-])/N=C/C(=O)O. The number of carbonyl (C=O) groups is 2. The molecule has 0 spiro atoms. The molecule has 0 amide bonds. The quantitative estimate of drug-likeness (QED) is 0.542. The van der Waals surface area contributed by atoms with Crippen molar-refractivity contribution in [1.29, 1.82) is 0 Å². The molecule has 0 aromatic heterocycles. The second-order valence-corrected chi connectivity index (χ2v) is 5.39. The van der Waals surface area contributed by atoms with E-state index in [0.29, 0.717) is 6.21 Å². The van der Waals surface area contributed by atoms with Crippen molar-refractivity contribution in [3.05, 3.63) is 0 Å². The Balaban J connectivity index is 0. The van der Waals surface area contributed by atoms with Gasteiger partial charge in [0, 0.05) is 6.92 Å². The highest BCUT2D eigenvalue weighted by Gasteiger charge is 2.25. The van der Waals surface area contributed by atoms with Gasteiger partial charge < -0.3 is 14.8 Å². The predicted octanol–water partition coefficient (Wildman–Crippen LogP) is 0.695. The minimum atomic E-state index is -1.47. The Kier molecular flexibility index (Phi) is 7.90. The molecule has 0 aliphatic rings. The fourth-order valence-corrected chi connectivity index (χ4v) is 0.753. The van der Waals surface area contributed by atoms with Crippen molar-refractivity contribution in [3.8, 4) is 0 Å². The lowest BCUT2D eigenvalue weighted by molar-refractivity contribution is -0.134. The molecule has 7 heteroatoms. The van der Waals surface area contributed by atoms with E-state index in [4.69, 9.17) is 15.0 Å². The van der Waals surface area contributed by atoms with Crippen molar-refractivity contribution >= 4 is 29.5 Å². The van der Waals surface area contributed by atoms with Gasteiger partial charge in [-0.25, -0.2) is 4.79 Å². The van der Waals surface area contributed by atoms with Crippen LogP contribution in [0.4, 0.5) is 0 Å². The second kappa shape index (κ2) is 7.24.